The summed E-state index contributed by atoms with van der Waals surface area (Å²) in [7, 11) is 0. The van der Waals surface area contributed by atoms with Crippen molar-refractivity contribution in [2.24, 2.45) is 5.73 Å². The second-order valence-corrected chi connectivity index (χ2v) is 6.01. The molecule has 1 aromatic heterocycles. The number of nitrogens with two attached hydrogens (primary N) is 1. The molecule has 1 aromatic carbocycles. The van der Waals surface area contributed by atoms with Crippen molar-refractivity contribution in [1.29, 1.82) is 0 Å². The molecule has 2 unspecified atom stereocenters. The van der Waals surface area contributed by atoms with Gasteiger partial charge < -0.3 is 5.73 Å². The molecule has 0 bridgehead atoms. The third kappa shape index (κ3) is 2.04. The topological polar surface area (TPSA) is 38.9 Å². The van der Waals surface area contributed by atoms with Gasteiger partial charge in [0.2, 0.25) is 0 Å². The molecule has 2 aromatic rings. The minimum atomic E-state index is 0.0519. The first-order valence-electron chi connectivity index (χ1n) is 6.16. The van der Waals surface area contributed by atoms with Gasteiger partial charge in [-0.05, 0) is 42.2 Å². The van der Waals surface area contributed by atoms with Crippen LogP contribution in [-0.2, 0) is 6.42 Å². The van der Waals surface area contributed by atoms with Gasteiger partial charge in [0, 0.05) is 28.6 Å². The Morgan fingerprint density at radius 3 is 2.94 bits per heavy atom. The number of aromatic nitrogens is 1. The van der Waals surface area contributed by atoms with E-state index in [0.29, 0.717) is 5.25 Å². The van der Waals surface area contributed by atoms with Gasteiger partial charge in [-0.25, -0.2) is 0 Å². The van der Waals surface area contributed by atoms with E-state index in [1.165, 1.54) is 21.6 Å². The van der Waals surface area contributed by atoms with Crippen molar-refractivity contribution in [3.8, 4) is 0 Å². The van der Waals surface area contributed by atoms with Crippen LogP contribution >= 0.6 is 11.8 Å². The smallest absolute Gasteiger partial charge is 0.0440 e. The van der Waals surface area contributed by atoms with Crippen molar-refractivity contribution in [3.05, 3.63) is 59.4 Å². The largest absolute Gasteiger partial charge is 0.323 e. The van der Waals surface area contributed by atoms with E-state index in [-0.39, 0.29) is 6.04 Å². The maximum Gasteiger partial charge on any atom is 0.0440 e. The fraction of sp³-hybridized carbons (Fsp3) is 0.267. The lowest BCUT2D eigenvalue weighted by Gasteiger charge is -2.19. The van der Waals surface area contributed by atoms with Crippen molar-refractivity contribution in [3.63, 3.8) is 0 Å². The highest BCUT2D eigenvalue weighted by atomic mass is 32.2. The van der Waals surface area contributed by atoms with Crippen molar-refractivity contribution in [2.75, 3.05) is 0 Å². The van der Waals surface area contributed by atoms with Gasteiger partial charge in [0.25, 0.3) is 0 Å². The van der Waals surface area contributed by atoms with Crippen molar-refractivity contribution >= 4 is 11.8 Å². The normalized spacial score (nSPS) is 19.6. The highest BCUT2D eigenvalue weighted by Gasteiger charge is 2.28. The number of hydrogen-bond donors (Lipinski definition) is 1. The molecule has 0 fully saturated rings. The van der Waals surface area contributed by atoms with Gasteiger partial charge in [-0.1, -0.05) is 18.2 Å². The van der Waals surface area contributed by atoms with Crippen molar-refractivity contribution in [2.45, 2.75) is 29.5 Å². The minimum Gasteiger partial charge on any atom is -0.323 e. The lowest BCUT2D eigenvalue weighted by molar-refractivity contribution is 0.671. The van der Waals surface area contributed by atoms with Crippen LogP contribution < -0.4 is 5.73 Å². The molecule has 0 spiro atoms. The summed E-state index contributed by atoms with van der Waals surface area (Å²) in [4.78, 5) is 5.57. The molecule has 1 aliphatic heterocycles. The standard InChI is InChI=1S/C15H16N2S/c1-10-6-7-17-9-12(10)15(16)14-8-11-4-2-3-5-13(11)18-14/h2-7,9,14-15H,8,16H2,1H3. The lowest BCUT2D eigenvalue weighted by atomic mass is 9.98. The summed E-state index contributed by atoms with van der Waals surface area (Å²) < 4.78 is 0. The van der Waals surface area contributed by atoms with Gasteiger partial charge in [0.15, 0.2) is 0 Å². The molecule has 0 amide bonds. The molecular weight excluding hydrogens is 240 g/mol. The first kappa shape index (κ1) is 11.8. The lowest BCUT2D eigenvalue weighted by Crippen LogP contribution is -2.24. The van der Waals surface area contributed by atoms with Gasteiger partial charge in [-0.2, -0.15) is 0 Å². The highest BCUT2D eigenvalue weighted by molar-refractivity contribution is 8.00. The first-order valence-corrected chi connectivity index (χ1v) is 7.04. The van der Waals surface area contributed by atoms with Crippen LogP contribution in [0.25, 0.3) is 0 Å². The molecule has 2 heterocycles. The van der Waals surface area contributed by atoms with Crippen LogP contribution in [0.4, 0.5) is 0 Å². The van der Waals surface area contributed by atoms with Gasteiger partial charge in [0.1, 0.15) is 0 Å². The molecule has 2 nitrogen and oxygen atoms in total. The molecule has 3 rings (SSSR count). The average molecular weight is 256 g/mol. The zero-order chi connectivity index (χ0) is 12.5. The van der Waals surface area contributed by atoms with Crippen LogP contribution in [-0.4, -0.2) is 10.2 Å². The number of aryl methyl sites for hydroxylation is 1. The summed E-state index contributed by atoms with van der Waals surface area (Å²) in [6.07, 6.45) is 4.78. The van der Waals surface area contributed by atoms with Gasteiger partial charge >= 0.3 is 0 Å². The number of nitrogens with zero attached hydrogens (tertiary/aromatic N) is 1. The highest BCUT2D eigenvalue weighted by Crippen LogP contribution is 2.41. The third-order valence-electron chi connectivity index (χ3n) is 3.51. The summed E-state index contributed by atoms with van der Waals surface area (Å²) in [5.74, 6) is 0. The van der Waals surface area contributed by atoms with Gasteiger partial charge in [-0.3, -0.25) is 4.98 Å². The number of fused-ring (bicyclic) bond motifs is 1. The molecule has 18 heavy (non-hydrogen) atoms. The fourth-order valence-electron chi connectivity index (χ4n) is 2.43. The summed E-state index contributed by atoms with van der Waals surface area (Å²) in [5.41, 5.74) is 10.2. The van der Waals surface area contributed by atoms with Crippen molar-refractivity contribution < 1.29 is 0 Å². The number of hydrogen-bond acceptors (Lipinski definition) is 3. The Kier molecular flexibility index (Phi) is 3.10. The van der Waals surface area contributed by atoms with Crippen LogP contribution in [0.3, 0.4) is 0 Å². The quantitative estimate of drug-likeness (QED) is 0.897. The average Bonchev–Trinajstić information content (AvgIpc) is 2.82. The molecule has 0 saturated heterocycles. The number of pyridine rings is 1. The molecule has 2 atom stereocenters. The van der Waals surface area contributed by atoms with E-state index in [2.05, 4.69) is 36.2 Å². The van der Waals surface area contributed by atoms with Crippen LogP contribution in [0, 0.1) is 6.92 Å². The second kappa shape index (κ2) is 4.75. The third-order valence-corrected chi connectivity index (χ3v) is 4.93. The molecule has 1 aliphatic rings. The van der Waals surface area contributed by atoms with E-state index in [9.17, 15) is 0 Å². The SMILES string of the molecule is Cc1ccncc1C(N)C1Cc2ccccc2S1. The molecule has 92 valence electrons. The molecule has 0 radical (unpaired) electrons. The Labute approximate surface area is 112 Å². The van der Waals surface area contributed by atoms with E-state index in [1.54, 1.807) is 0 Å². The summed E-state index contributed by atoms with van der Waals surface area (Å²) in [6.45, 7) is 2.10. The zero-order valence-electron chi connectivity index (χ0n) is 10.3. The van der Waals surface area contributed by atoms with E-state index < -0.39 is 0 Å². The molecule has 0 aliphatic carbocycles. The zero-order valence-corrected chi connectivity index (χ0v) is 11.2. The summed E-state index contributed by atoms with van der Waals surface area (Å²) >= 11 is 1.90. The Hall–Kier alpha value is -1.32. The van der Waals surface area contributed by atoms with E-state index in [0.717, 1.165) is 6.42 Å². The van der Waals surface area contributed by atoms with E-state index in [1.807, 2.05) is 30.2 Å². The molecule has 2 N–H and O–H groups in total. The van der Waals surface area contributed by atoms with Crippen molar-refractivity contribution in [1.82, 2.24) is 4.98 Å². The Morgan fingerprint density at radius 2 is 2.17 bits per heavy atom. The predicted octanol–water partition coefficient (Wildman–Crippen LogP) is 3.11. The molecular formula is C15H16N2S. The molecule has 3 heteroatoms. The Balaban J connectivity index is 1.85. The number of benzene rings is 1. The predicted molar refractivity (Wildman–Crippen MR) is 75.7 cm³/mol. The van der Waals surface area contributed by atoms with Crippen LogP contribution in [0.15, 0.2) is 47.6 Å². The van der Waals surface area contributed by atoms with E-state index in [4.69, 9.17) is 5.73 Å². The van der Waals surface area contributed by atoms with Gasteiger partial charge in [-0.15, -0.1) is 11.8 Å². The van der Waals surface area contributed by atoms with Crippen LogP contribution in [0.1, 0.15) is 22.7 Å². The minimum absolute atomic E-state index is 0.0519. The summed E-state index contributed by atoms with van der Waals surface area (Å²) in [5, 5.41) is 0.422. The van der Waals surface area contributed by atoms with E-state index >= 15 is 0 Å². The molecule has 0 saturated carbocycles. The number of thioether (sulfide) groups is 1. The Morgan fingerprint density at radius 1 is 1.33 bits per heavy atom. The van der Waals surface area contributed by atoms with Gasteiger partial charge in [0.05, 0.1) is 0 Å². The van der Waals surface area contributed by atoms with Crippen LogP contribution in [0.5, 0.6) is 0 Å². The maximum atomic E-state index is 6.42. The second-order valence-electron chi connectivity index (χ2n) is 4.73. The number of rotatable bonds is 2. The maximum absolute atomic E-state index is 6.42. The summed E-state index contributed by atoms with van der Waals surface area (Å²) in [6, 6.07) is 10.7. The van der Waals surface area contributed by atoms with Crippen LogP contribution in [0.2, 0.25) is 0 Å². The first-order chi connectivity index (χ1) is 8.75. The fourth-order valence-corrected chi connectivity index (χ4v) is 3.78. The Bertz CT molecular complexity index is 543. The monoisotopic (exact) mass is 256 g/mol.